The fraction of sp³-hybridized carbons (Fsp3) is 0.227. The summed E-state index contributed by atoms with van der Waals surface area (Å²) in [6.07, 6.45) is 4.25. The molecule has 0 heterocycles. The molecule has 0 atom stereocenters. The molecular weight excluding hydrogens is 620 g/mol. The molecule has 0 bridgehead atoms. The summed E-state index contributed by atoms with van der Waals surface area (Å²) >= 11 is 0. The van der Waals surface area contributed by atoms with Crippen molar-refractivity contribution >= 4 is 17.6 Å². The van der Waals surface area contributed by atoms with Gasteiger partial charge in [0.2, 0.25) is 0 Å². The highest BCUT2D eigenvalue weighted by atomic mass is 16.5. The maximum atomic E-state index is 11.8. The number of carbonyl (C=O) groups excluding carboxylic acids is 1. The molecule has 0 amide bonds. The highest BCUT2D eigenvalue weighted by molar-refractivity contribution is 6.50. The summed E-state index contributed by atoms with van der Waals surface area (Å²) in [6, 6.07) is 39.4. The van der Waals surface area contributed by atoms with Crippen molar-refractivity contribution in [2.45, 2.75) is 51.6 Å². The van der Waals surface area contributed by atoms with Crippen LogP contribution in [0.5, 0.6) is 11.5 Å². The minimum absolute atomic E-state index is 0.0602. The van der Waals surface area contributed by atoms with Crippen LogP contribution >= 0.6 is 0 Å². The number of nitrogens with zero attached hydrogens (tertiary/aromatic N) is 2. The first kappa shape index (κ1) is 35.7. The summed E-state index contributed by atoms with van der Waals surface area (Å²) in [7, 11) is 3.38. The molecular formula is C44H44N2O4. The van der Waals surface area contributed by atoms with Crippen LogP contribution in [-0.2, 0) is 23.9 Å². The maximum Gasteiger partial charge on any atom is 0.362 e. The molecule has 0 aliphatic heterocycles. The molecule has 0 aromatic heterocycles. The van der Waals surface area contributed by atoms with Crippen LogP contribution in [0.3, 0.4) is 0 Å². The van der Waals surface area contributed by atoms with Gasteiger partial charge in [-0.05, 0) is 88.2 Å². The molecule has 6 rings (SSSR count). The van der Waals surface area contributed by atoms with Crippen LogP contribution in [-0.4, -0.2) is 35.6 Å². The third-order valence-corrected chi connectivity index (χ3v) is 9.95. The number of ketones is 1. The Balaban J connectivity index is 0.000000269. The molecule has 0 spiro atoms. The minimum Gasteiger partial charge on any atom is -0.497 e. The number of allylic oxidation sites excluding steroid dienone is 1. The van der Waals surface area contributed by atoms with Crippen molar-refractivity contribution in [3.05, 3.63) is 177 Å². The van der Waals surface area contributed by atoms with Gasteiger partial charge in [-0.3, -0.25) is 4.79 Å². The smallest absolute Gasteiger partial charge is 0.362 e. The molecule has 50 heavy (non-hydrogen) atoms. The molecule has 6 nitrogen and oxygen atoms in total. The summed E-state index contributed by atoms with van der Waals surface area (Å²) < 4.78 is 10.8. The number of hydrogen-bond acceptors (Lipinski definition) is 4. The van der Waals surface area contributed by atoms with Crippen molar-refractivity contribution in [2.24, 2.45) is 0 Å². The van der Waals surface area contributed by atoms with Crippen LogP contribution < -0.4 is 9.47 Å². The zero-order valence-corrected chi connectivity index (χ0v) is 29.6. The molecule has 254 valence electrons. The molecule has 1 aliphatic carbocycles. The number of aryl methyl sites for hydroxylation is 1. The SMILES string of the molecule is CCc1cccc2c1C=CC(=[N+]=[N-])C2=O.COc1ccc(C(C)(c2ccc(OC)cc2)c2ccc(C(C)(C)c3ccc(CO)cc3)cc2)cc1. The van der Waals surface area contributed by atoms with E-state index in [1.54, 1.807) is 26.4 Å². The first-order valence-corrected chi connectivity index (χ1v) is 16.8. The van der Waals surface area contributed by atoms with Gasteiger partial charge in [-0.2, -0.15) is 4.79 Å². The monoisotopic (exact) mass is 664 g/mol. The Labute approximate surface area is 295 Å². The van der Waals surface area contributed by atoms with Gasteiger partial charge in [-0.25, -0.2) is 0 Å². The number of rotatable bonds is 9. The highest BCUT2D eigenvalue weighted by Crippen LogP contribution is 2.41. The van der Waals surface area contributed by atoms with E-state index in [-0.39, 0.29) is 28.9 Å². The number of aliphatic hydroxyl groups is 1. The van der Waals surface area contributed by atoms with Crippen LogP contribution in [0, 0.1) is 0 Å². The van der Waals surface area contributed by atoms with Crippen molar-refractivity contribution in [3.63, 3.8) is 0 Å². The fourth-order valence-electron chi connectivity index (χ4n) is 6.53. The predicted octanol–water partition coefficient (Wildman–Crippen LogP) is 9.01. The van der Waals surface area contributed by atoms with Gasteiger partial charge in [0.25, 0.3) is 5.78 Å². The second-order valence-electron chi connectivity index (χ2n) is 13.0. The first-order chi connectivity index (χ1) is 24.1. The van der Waals surface area contributed by atoms with E-state index in [9.17, 15) is 9.90 Å². The lowest BCUT2D eigenvalue weighted by Gasteiger charge is -2.33. The molecule has 0 fully saturated rings. The summed E-state index contributed by atoms with van der Waals surface area (Å²) in [4.78, 5) is 14.7. The van der Waals surface area contributed by atoms with Crippen molar-refractivity contribution in [1.29, 1.82) is 0 Å². The maximum absolute atomic E-state index is 11.8. The Hall–Kier alpha value is -5.55. The number of methoxy groups -OCH3 is 2. The van der Waals surface area contributed by atoms with E-state index in [4.69, 9.17) is 15.0 Å². The normalized spacial score (nSPS) is 12.4. The van der Waals surface area contributed by atoms with Crippen molar-refractivity contribution in [1.82, 2.24) is 0 Å². The van der Waals surface area contributed by atoms with Gasteiger partial charge < -0.3 is 20.1 Å². The van der Waals surface area contributed by atoms with E-state index in [0.29, 0.717) is 5.56 Å². The number of aliphatic hydroxyl groups excluding tert-OH is 1. The number of Topliss-reactive ketones (excluding diaryl/α,β-unsaturated/α-hetero) is 1. The number of benzene rings is 5. The second kappa shape index (κ2) is 15.3. The fourth-order valence-corrected chi connectivity index (χ4v) is 6.53. The highest BCUT2D eigenvalue weighted by Gasteiger charge is 2.32. The summed E-state index contributed by atoms with van der Waals surface area (Å²) in [5, 5.41) is 9.39. The van der Waals surface area contributed by atoms with E-state index in [1.165, 1.54) is 27.8 Å². The molecule has 1 N–H and O–H groups in total. The summed E-state index contributed by atoms with van der Waals surface area (Å²) in [6.45, 7) is 8.85. The average molecular weight is 665 g/mol. The van der Waals surface area contributed by atoms with Crippen LogP contribution in [0.4, 0.5) is 0 Å². The van der Waals surface area contributed by atoms with Gasteiger partial charge in [-0.1, -0.05) is 112 Å². The number of fused-ring (bicyclic) bond motifs is 1. The number of carbonyl (C=O) groups is 1. The molecule has 0 saturated carbocycles. The Morgan fingerprint density at radius 1 is 0.660 bits per heavy atom. The Bertz CT molecular complexity index is 1970. The number of ether oxygens (including phenoxy) is 2. The Morgan fingerprint density at radius 3 is 1.56 bits per heavy atom. The average Bonchev–Trinajstić information content (AvgIpc) is 3.18. The third kappa shape index (κ3) is 7.09. The first-order valence-electron chi connectivity index (χ1n) is 16.8. The molecule has 5 aromatic rings. The lowest BCUT2D eigenvalue weighted by molar-refractivity contribution is -0.00435. The van der Waals surface area contributed by atoms with Crippen LogP contribution in [0.1, 0.15) is 82.6 Å². The summed E-state index contributed by atoms with van der Waals surface area (Å²) in [5.74, 6) is 1.47. The second-order valence-corrected chi connectivity index (χ2v) is 13.0. The molecule has 0 saturated heterocycles. The molecule has 0 radical (unpaired) electrons. The lowest BCUT2D eigenvalue weighted by atomic mass is 9.70. The van der Waals surface area contributed by atoms with Crippen LogP contribution in [0.15, 0.2) is 121 Å². The van der Waals surface area contributed by atoms with Gasteiger partial charge in [0.15, 0.2) is 0 Å². The Morgan fingerprint density at radius 2 is 1.12 bits per heavy atom. The molecule has 0 unspecified atom stereocenters. The van der Waals surface area contributed by atoms with Crippen molar-refractivity contribution in [2.75, 3.05) is 14.2 Å². The van der Waals surface area contributed by atoms with Crippen LogP contribution in [0.25, 0.3) is 11.6 Å². The van der Waals surface area contributed by atoms with Crippen LogP contribution in [0.2, 0.25) is 0 Å². The largest absolute Gasteiger partial charge is 0.497 e. The van der Waals surface area contributed by atoms with Gasteiger partial charge in [-0.15, -0.1) is 0 Å². The van der Waals surface area contributed by atoms with Crippen molar-refractivity contribution in [3.8, 4) is 11.5 Å². The van der Waals surface area contributed by atoms with Gasteiger partial charge in [0.05, 0.1) is 20.8 Å². The van der Waals surface area contributed by atoms with E-state index in [0.717, 1.165) is 34.6 Å². The third-order valence-electron chi connectivity index (χ3n) is 9.95. The lowest BCUT2D eigenvalue weighted by Crippen LogP contribution is -2.26. The quantitative estimate of drug-likeness (QED) is 0.0967. The van der Waals surface area contributed by atoms with E-state index in [1.807, 2.05) is 61.5 Å². The van der Waals surface area contributed by atoms with E-state index >= 15 is 0 Å². The number of hydrogen-bond donors (Lipinski definition) is 1. The van der Waals surface area contributed by atoms with E-state index < -0.39 is 0 Å². The molecule has 6 heteroatoms. The minimum atomic E-state index is -0.357. The van der Waals surface area contributed by atoms with Crippen molar-refractivity contribution < 1.29 is 24.2 Å². The van der Waals surface area contributed by atoms with Gasteiger partial charge >= 0.3 is 5.71 Å². The zero-order chi connectivity index (χ0) is 35.9. The van der Waals surface area contributed by atoms with Gasteiger partial charge in [0.1, 0.15) is 11.5 Å². The summed E-state index contributed by atoms with van der Waals surface area (Å²) in [5.41, 5.74) is 17.9. The predicted molar refractivity (Wildman–Crippen MR) is 200 cm³/mol. The van der Waals surface area contributed by atoms with Gasteiger partial charge in [0, 0.05) is 22.5 Å². The Kier molecular flexibility index (Phi) is 11.0. The van der Waals surface area contributed by atoms with E-state index in [2.05, 4.69) is 86.2 Å². The standard InChI is InChI=1S/C32H34O3.C12H10N2O/c1-31(2,24-8-6-23(22-33)7-9-24)25-10-12-26(13-11-25)32(3,27-14-18-29(34-4)19-15-27)28-16-20-30(35-5)21-17-28;1-2-8-4-3-5-10-9(8)6-7-11(14-13)12(10)15/h6-21,33H,22H2,1-5H3;3-7H,2H2,1H3. The molecule has 1 aliphatic rings. The zero-order valence-electron chi connectivity index (χ0n) is 29.6. The topological polar surface area (TPSA) is 92.2 Å². The molecule has 5 aromatic carbocycles.